The first-order chi connectivity index (χ1) is 11.1. The molecule has 1 aromatic heterocycles. The SMILES string of the molecule is CCC(C)(CCO)NC(=O)Cn1c(C2CC2)nc2ccccc21. The van der Waals surface area contributed by atoms with Gasteiger partial charge in [0.2, 0.25) is 5.91 Å². The van der Waals surface area contributed by atoms with Gasteiger partial charge in [0, 0.05) is 18.1 Å². The van der Waals surface area contributed by atoms with Crippen LogP contribution in [0.2, 0.25) is 0 Å². The fourth-order valence-electron chi connectivity index (χ4n) is 3.01. The Bertz CT molecular complexity index is 705. The number of imidazole rings is 1. The monoisotopic (exact) mass is 315 g/mol. The highest BCUT2D eigenvalue weighted by Crippen LogP contribution is 2.40. The van der Waals surface area contributed by atoms with Crippen molar-refractivity contribution in [3.05, 3.63) is 30.1 Å². The van der Waals surface area contributed by atoms with Crippen LogP contribution in [-0.2, 0) is 11.3 Å². The van der Waals surface area contributed by atoms with Crippen LogP contribution in [0.5, 0.6) is 0 Å². The summed E-state index contributed by atoms with van der Waals surface area (Å²) in [4.78, 5) is 17.3. The van der Waals surface area contributed by atoms with E-state index in [4.69, 9.17) is 4.98 Å². The quantitative estimate of drug-likeness (QED) is 0.825. The number of nitrogens with zero attached hydrogens (tertiary/aromatic N) is 2. The first kappa shape index (κ1) is 16.0. The van der Waals surface area contributed by atoms with Crippen LogP contribution in [-0.4, -0.2) is 32.7 Å². The summed E-state index contributed by atoms with van der Waals surface area (Å²) in [7, 11) is 0. The molecule has 5 nitrogen and oxygen atoms in total. The van der Waals surface area contributed by atoms with Crippen LogP contribution in [0.4, 0.5) is 0 Å². The van der Waals surface area contributed by atoms with E-state index in [0.717, 1.165) is 36.1 Å². The van der Waals surface area contributed by atoms with E-state index in [-0.39, 0.29) is 24.6 Å². The predicted molar refractivity (Wildman–Crippen MR) is 90.2 cm³/mol. The molecule has 1 aliphatic carbocycles. The van der Waals surface area contributed by atoms with Crippen molar-refractivity contribution >= 4 is 16.9 Å². The van der Waals surface area contributed by atoms with E-state index in [1.807, 2.05) is 38.1 Å². The van der Waals surface area contributed by atoms with E-state index in [1.165, 1.54) is 0 Å². The number of carbonyl (C=O) groups is 1. The van der Waals surface area contributed by atoms with Gasteiger partial charge in [-0.15, -0.1) is 0 Å². The predicted octanol–water partition coefficient (Wildman–Crippen LogP) is 2.58. The lowest BCUT2D eigenvalue weighted by Gasteiger charge is -2.29. The third kappa shape index (κ3) is 3.39. The molecule has 1 amide bonds. The van der Waals surface area contributed by atoms with Crippen molar-refractivity contribution in [2.75, 3.05) is 6.61 Å². The molecule has 2 aromatic rings. The van der Waals surface area contributed by atoms with Gasteiger partial charge >= 0.3 is 0 Å². The lowest BCUT2D eigenvalue weighted by molar-refractivity contribution is -0.123. The maximum atomic E-state index is 12.6. The van der Waals surface area contributed by atoms with Crippen LogP contribution < -0.4 is 5.32 Å². The molecule has 3 rings (SSSR count). The molecule has 5 heteroatoms. The summed E-state index contributed by atoms with van der Waals surface area (Å²) in [6.45, 7) is 4.37. The van der Waals surface area contributed by atoms with Gasteiger partial charge in [0.05, 0.1) is 11.0 Å². The van der Waals surface area contributed by atoms with Gasteiger partial charge in [-0.3, -0.25) is 4.79 Å². The molecule has 1 unspecified atom stereocenters. The van der Waals surface area contributed by atoms with Crippen LogP contribution >= 0.6 is 0 Å². The Hall–Kier alpha value is -1.88. The number of nitrogens with one attached hydrogen (secondary N) is 1. The molecule has 1 atom stereocenters. The van der Waals surface area contributed by atoms with E-state index >= 15 is 0 Å². The Morgan fingerprint density at radius 3 is 2.83 bits per heavy atom. The maximum Gasteiger partial charge on any atom is 0.240 e. The summed E-state index contributed by atoms with van der Waals surface area (Å²) in [6, 6.07) is 7.98. The van der Waals surface area contributed by atoms with Crippen LogP contribution in [0.1, 0.15) is 51.3 Å². The molecular weight excluding hydrogens is 290 g/mol. The summed E-state index contributed by atoms with van der Waals surface area (Å²) in [5.74, 6) is 1.50. The molecule has 1 fully saturated rings. The smallest absolute Gasteiger partial charge is 0.240 e. The van der Waals surface area contributed by atoms with Crippen LogP contribution in [0.15, 0.2) is 24.3 Å². The van der Waals surface area contributed by atoms with Crippen molar-refractivity contribution in [2.45, 2.75) is 57.5 Å². The van der Waals surface area contributed by atoms with E-state index in [2.05, 4.69) is 9.88 Å². The molecule has 0 spiro atoms. The number of hydrogen-bond acceptors (Lipinski definition) is 3. The molecule has 124 valence electrons. The molecule has 23 heavy (non-hydrogen) atoms. The second-order valence-corrected chi connectivity index (χ2v) is 6.76. The fraction of sp³-hybridized carbons (Fsp3) is 0.556. The number of aromatic nitrogens is 2. The van der Waals surface area contributed by atoms with Crippen molar-refractivity contribution in [2.24, 2.45) is 0 Å². The third-order valence-electron chi connectivity index (χ3n) is 4.81. The van der Waals surface area contributed by atoms with Crippen molar-refractivity contribution in [3.8, 4) is 0 Å². The minimum absolute atomic E-state index is 0.0205. The first-order valence-corrected chi connectivity index (χ1v) is 8.43. The second kappa shape index (κ2) is 6.32. The Morgan fingerprint density at radius 1 is 1.43 bits per heavy atom. The van der Waals surface area contributed by atoms with Gasteiger partial charge in [0.15, 0.2) is 0 Å². The largest absolute Gasteiger partial charge is 0.396 e. The standard InChI is InChI=1S/C18H25N3O2/c1-3-18(2,10-11-22)20-16(23)12-21-15-7-5-4-6-14(15)19-17(21)13-8-9-13/h4-7,13,22H,3,8-12H2,1-2H3,(H,20,23). The average molecular weight is 315 g/mol. The topological polar surface area (TPSA) is 67.2 Å². The Labute approximate surface area is 136 Å². The van der Waals surface area contributed by atoms with Crippen LogP contribution in [0.25, 0.3) is 11.0 Å². The molecule has 0 saturated heterocycles. The van der Waals surface area contributed by atoms with Crippen molar-refractivity contribution in [1.82, 2.24) is 14.9 Å². The Kier molecular flexibility index (Phi) is 4.39. The number of hydrogen-bond donors (Lipinski definition) is 2. The van der Waals surface area contributed by atoms with Gasteiger partial charge in [-0.25, -0.2) is 4.98 Å². The summed E-state index contributed by atoms with van der Waals surface area (Å²) in [5, 5.41) is 12.3. The molecular formula is C18H25N3O2. The Balaban J connectivity index is 1.83. The van der Waals surface area contributed by atoms with Gasteiger partial charge in [0.1, 0.15) is 12.4 Å². The number of aliphatic hydroxyl groups is 1. The van der Waals surface area contributed by atoms with E-state index in [0.29, 0.717) is 12.3 Å². The minimum Gasteiger partial charge on any atom is -0.396 e. The van der Waals surface area contributed by atoms with E-state index < -0.39 is 0 Å². The van der Waals surface area contributed by atoms with Gasteiger partial charge in [0.25, 0.3) is 0 Å². The summed E-state index contributed by atoms with van der Waals surface area (Å²) in [6.07, 6.45) is 3.67. The zero-order chi connectivity index (χ0) is 16.4. The van der Waals surface area contributed by atoms with Crippen LogP contribution in [0.3, 0.4) is 0 Å². The number of amides is 1. The molecule has 1 aromatic carbocycles. The zero-order valence-electron chi connectivity index (χ0n) is 13.9. The molecule has 1 saturated carbocycles. The lowest BCUT2D eigenvalue weighted by Crippen LogP contribution is -2.47. The van der Waals surface area contributed by atoms with E-state index in [9.17, 15) is 9.90 Å². The maximum absolute atomic E-state index is 12.6. The van der Waals surface area contributed by atoms with Crippen molar-refractivity contribution < 1.29 is 9.90 Å². The lowest BCUT2D eigenvalue weighted by atomic mass is 9.95. The number of benzene rings is 1. The fourth-order valence-corrected chi connectivity index (χ4v) is 3.01. The zero-order valence-corrected chi connectivity index (χ0v) is 13.9. The minimum atomic E-state index is -0.359. The van der Waals surface area contributed by atoms with Gasteiger partial charge in [-0.2, -0.15) is 0 Å². The highest BCUT2D eigenvalue weighted by atomic mass is 16.3. The van der Waals surface area contributed by atoms with Gasteiger partial charge in [-0.1, -0.05) is 19.1 Å². The summed E-state index contributed by atoms with van der Waals surface area (Å²) < 4.78 is 2.05. The molecule has 0 bridgehead atoms. The number of aliphatic hydroxyl groups excluding tert-OH is 1. The molecule has 2 N–H and O–H groups in total. The van der Waals surface area contributed by atoms with Crippen LogP contribution in [0, 0.1) is 0 Å². The van der Waals surface area contributed by atoms with Gasteiger partial charge in [-0.05, 0) is 44.7 Å². The third-order valence-corrected chi connectivity index (χ3v) is 4.81. The average Bonchev–Trinajstić information content (AvgIpc) is 3.31. The number of para-hydroxylation sites is 2. The van der Waals surface area contributed by atoms with Gasteiger partial charge < -0.3 is 15.0 Å². The molecule has 1 heterocycles. The van der Waals surface area contributed by atoms with Crippen molar-refractivity contribution in [1.29, 1.82) is 0 Å². The molecule has 0 aliphatic heterocycles. The number of rotatable bonds is 7. The number of fused-ring (bicyclic) bond motifs is 1. The first-order valence-electron chi connectivity index (χ1n) is 8.43. The molecule has 0 radical (unpaired) electrons. The summed E-state index contributed by atoms with van der Waals surface area (Å²) >= 11 is 0. The highest BCUT2D eigenvalue weighted by Gasteiger charge is 2.31. The molecule has 1 aliphatic rings. The number of carbonyl (C=O) groups excluding carboxylic acids is 1. The second-order valence-electron chi connectivity index (χ2n) is 6.76. The highest BCUT2D eigenvalue weighted by molar-refractivity contribution is 5.81. The van der Waals surface area contributed by atoms with E-state index in [1.54, 1.807) is 0 Å². The Morgan fingerprint density at radius 2 is 2.17 bits per heavy atom. The van der Waals surface area contributed by atoms with Crippen molar-refractivity contribution in [3.63, 3.8) is 0 Å². The normalized spacial score (nSPS) is 17.2. The summed E-state index contributed by atoms with van der Waals surface area (Å²) in [5.41, 5.74) is 1.61.